The second kappa shape index (κ2) is 3.74. The quantitative estimate of drug-likeness (QED) is 0.608. The van der Waals surface area contributed by atoms with Gasteiger partial charge in [0.2, 0.25) is 16.7 Å². The van der Waals surface area contributed by atoms with Crippen LogP contribution in [0.25, 0.3) is 5.70 Å². The van der Waals surface area contributed by atoms with Crippen molar-refractivity contribution < 1.29 is 0 Å². The lowest BCUT2D eigenvalue weighted by Crippen LogP contribution is -2.48. The highest BCUT2D eigenvalue weighted by molar-refractivity contribution is 5.62. The Labute approximate surface area is 100 Å². The molecule has 0 fully saturated rings. The van der Waals surface area contributed by atoms with Crippen LogP contribution in [0.1, 0.15) is 13.3 Å². The average molecular weight is 223 g/mol. The molecule has 0 radical (unpaired) electrons. The molecule has 0 unspecified atom stereocenters. The third-order valence-corrected chi connectivity index (χ3v) is 3.21. The van der Waals surface area contributed by atoms with Crippen LogP contribution in [0.4, 0.5) is 11.4 Å². The molecule has 2 aromatic rings. The van der Waals surface area contributed by atoms with Crippen molar-refractivity contribution in [1.82, 2.24) is 4.58 Å². The largest absolute Gasteiger partial charge is 0.399 e. The minimum atomic E-state index is 0.806. The third kappa shape index (κ3) is 1.45. The van der Waals surface area contributed by atoms with Crippen molar-refractivity contribution >= 4 is 17.1 Å². The first kappa shape index (κ1) is 10.1. The van der Waals surface area contributed by atoms with Gasteiger partial charge in [-0.05, 0) is 18.2 Å². The molecule has 2 nitrogen and oxygen atoms in total. The van der Waals surface area contributed by atoms with Gasteiger partial charge in [0.1, 0.15) is 5.22 Å². The summed E-state index contributed by atoms with van der Waals surface area (Å²) in [6, 6.07) is 16.5. The summed E-state index contributed by atoms with van der Waals surface area (Å²) in [7, 11) is 0. The van der Waals surface area contributed by atoms with E-state index in [1.807, 2.05) is 12.1 Å². The third-order valence-electron chi connectivity index (χ3n) is 3.21. The summed E-state index contributed by atoms with van der Waals surface area (Å²) >= 11 is 0. The van der Waals surface area contributed by atoms with Crippen LogP contribution in [-0.4, -0.2) is 0 Å². The van der Waals surface area contributed by atoms with Crippen LogP contribution in [0.2, 0.25) is 0 Å². The number of rotatable bonds is 2. The van der Waals surface area contributed by atoms with E-state index in [9.17, 15) is 0 Å². The second-order valence-electron chi connectivity index (χ2n) is 4.24. The van der Waals surface area contributed by atoms with Gasteiger partial charge >= 0.3 is 0 Å². The Morgan fingerprint density at radius 1 is 1.00 bits per heavy atom. The fourth-order valence-electron chi connectivity index (χ4n) is 2.39. The van der Waals surface area contributed by atoms with E-state index in [4.69, 9.17) is 5.73 Å². The lowest BCUT2D eigenvalue weighted by molar-refractivity contribution is 0.857. The average Bonchev–Trinajstić information content (AvgIpc) is 2.34. The molecule has 1 heterocycles. The van der Waals surface area contributed by atoms with Gasteiger partial charge in [-0.3, -0.25) is 0 Å². The van der Waals surface area contributed by atoms with Gasteiger partial charge in [0.15, 0.2) is 0 Å². The first-order chi connectivity index (χ1) is 8.31. The molecule has 0 aromatic heterocycles. The van der Waals surface area contributed by atoms with Crippen molar-refractivity contribution in [3.63, 3.8) is 0 Å². The normalized spacial score (nSPS) is 13.2. The van der Waals surface area contributed by atoms with E-state index in [-0.39, 0.29) is 0 Å². The first-order valence-electron chi connectivity index (χ1n) is 5.92. The van der Waals surface area contributed by atoms with Crippen LogP contribution in [-0.2, 0) is 0 Å². The lowest BCUT2D eigenvalue weighted by atomic mass is 10.1. The Morgan fingerprint density at radius 3 is 2.41 bits per heavy atom. The van der Waals surface area contributed by atoms with Gasteiger partial charge in [-0.25, -0.2) is 0 Å². The maximum Gasteiger partial charge on any atom is 0.225 e. The minimum absolute atomic E-state index is 0.806. The smallest absolute Gasteiger partial charge is 0.225 e. The summed E-state index contributed by atoms with van der Waals surface area (Å²) in [4.78, 5) is 0. The number of hydrogen-bond donors (Lipinski definition) is 1. The first-order valence-corrected chi connectivity index (χ1v) is 5.92. The number of fused-ring (bicyclic) bond motifs is 1. The van der Waals surface area contributed by atoms with E-state index in [0.717, 1.165) is 12.1 Å². The summed E-state index contributed by atoms with van der Waals surface area (Å²) in [6.45, 7) is 2.19. The zero-order valence-electron chi connectivity index (χ0n) is 9.85. The molecule has 0 spiro atoms. The topological polar surface area (TPSA) is 29.0 Å². The SMILES string of the molecule is CCC1=c2ccccc2=[N+]1c1ccc(N)cc1. The Hall–Kier alpha value is -2.09. The molecule has 3 rings (SSSR count). The summed E-state index contributed by atoms with van der Waals surface area (Å²) in [5.41, 5.74) is 9.10. The standard InChI is InChI=1S/C15H15N2/c1-2-14-13-5-3-4-6-15(13)17(14)12-9-7-11(16)8-10-12/h3-10H,2,16H2,1H3/q+1. The Morgan fingerprint density at radius 2 is 1.71 bits per heavy atom. The van der Waals surface area contributed by atoms with E-state index >= 15 is 0 Å². The molecule has 0 saturated heterocycles. The molecule has 1 aliphatic heterocycles. The van der Waals surface area contributed by atoms with Gasteiger partial charge in [0.05, 0.1) is 0 Å². The van der Waals surface area contributed by atoms with Crippen LogP contribution in [0.5, 0.6) is 0 Å². The number of hydrogen-bond acceptors (Lipinski definition) is 1. The molecule has 84 valence electrons. The number of para-hydroxylation sites is 1. The number of anilines is 1. The molecule has 1 aliphatic rings. The second-order valence-corrected chi connectivity index (χ2v) is 4.24. The van der Waals surface area contributed by atoms with Crippen LogP contribution < -0.4 is 20.9 Å². The maximum absolute atomic E-state index is 5.72. The highest BCUT2D eigenvalue weighted by Gasteiger charge is 2.26. The maximum atomic E-state index is 5.72. The molecule has 2 aromatic carbocycles. The fraction of sp³-hybridized carbons (Fsp3) is 0.133. The van der Waals surface area contributed by atoms with Crippen molar-refractivity contribution in [2.75, 3.05) is 5.73 Å². The fourth-order valence-corrected chi connectivity index (χ4v) is 2.39. The molecule has 0 aliphatic carbocycles. The van der Waals surface area contributed by atoms with Gasteiger partial charge in [-0.15, -0.1) is 0 Å². The van der Waals surface area contributed by atoms with Crippen molar-refractivity contribution in [3.05, 3.63) is 59.1 Å². The van der Waals surface area contributed by atoms with Gasteiger partial charge in [-0.2, -0.15) is 4.58 Å². The number of nitrogen functional groups attached to an aromatic ring is 1. The highest BCUT2D eigenvalue weighted by atomic mass is 15.1. The van der Waals surface area contributed by atoms with Gasteiger partial charge in [0.25, 0.3) is 0 Å². The Bertz CT molecular complexity index is 682. The van der Waals surface area contributed by atoms with Crippen LogP contribution in [0.15, 0.2) is 48.5 Å². The molecule has 2 heteroatoms. The predicted molar refractivity (Wildman–Crippen MR) is 71.1 cm³/mol. The van der Waals surface area contributed by atoms with Gasteiger partial charge in [0, 0.05) is 30.3 Å². The molecular weight excluding hydrogens is 208 g/mol. The summed E-state index contributed by atoms with van der Waals surface area (Å²) in [5, 5.41) is 2.65. The van der Waals surface area contributed by atoms with Crippen LogP contribution in [0.3, 0.4) is 0 Å². The zero-order chi connectivity index (χ0) is 11.8. The van der Waals surface area contributed by atoms with Gasteiger partial charge < -0.3 is 5.73 Å². The molecule has 17 heavy (non-hydrogen) atoms. The van der Waals surface area contributed by atoms with Crippen molar-refractivity contribution in [1.29, 1.82) is 0 Å². The summed E-state index contributed by atoms with van der Waals surface area (Å²) < 4.78 is 2.30. The van der Waals surface area contributed by atoms with Crippen LogP contribution in [0, 0.1) is 0 Å². The molecular formula is C15H15N2+. The monoisotopic (exact) mass is 223 g/mol. The summed E-state index contributed by atoms with van der Waals surface area (Å²) in [6.07, 6.45) is 1.04. The number of nitrogens with zero attached hydrogens (tertiary/aromatic N) is 1. The minimum Gasteiger partial charge on any atom is -0.399 e. The molecule has 0 bridgehead atoms. The predicted octanol–water partition coefficient (Wildman–Crippen LogP) is 1.62. The van der Waals surface area contributed by atoms with E-state index in [1.165, 1.54) is 22.0 Å². The van der Waals surface area contributed by atoms with E-state index in [2.05, 4.69) is 47.9 Å². The van der Waals surface area contributed by atoms with Crippen molar-refractivity contribution in [2.24, 2.45) is 0 Å². The van der Waals surface area contributed by atoms with E-state index in [1.54, 1.807) is 0 Å². The Balaban J connectivity index is 2.22. The molecule has 0 saturated carbocycles. The summed E-state index contributed by atoms with van der Waals surface area (Å²) in [5.74, 6) is 0. The van der Waals surface area contributed by atoms with Crippen LogP contribution >= 0.6 is 0 Å². The van der Waals surface area contributed by atoms with Crippen molar-refractivity contribution in [3.8, 4) is 0 Å². The number of nitrogens with two attached hydrogens (primary N) is 1. The molecule has 0 amide bonds. The zero-order valence-corrected chi connectivity index (χ0v) is 9.85. The lowest BCUT2D eigenvalue weighted by Gasteiger charge is -2.11. The number of benzene rings is 2. The molecule has 0 atom stereocenters. The van der Waals surface area contributed by atoms with Crippen molar-refractivity contribution in [2.45, 2.75) is 13.3 Å². The van der Waals surface area contributed by atoms with Gasteiger partial charge in [-0.1, -0.05) is 19.1 Å². The molecule has 2 N–H and O–H groups in total. The highest BCUT2D eigenvalue weighted by Crippen LogP contribution is 2.18. The Kier molecular flexibility index (Phi) is 2.22. The van der Waals surface area contributed by atoms with E-state index in [0.29, 0.717) is 0 Å². The van der Waals surface area contributed by atoms with E-state index < -0.39 is 0 Å².